The molecule has 98 valence electrons. The molecular weight excluding hydrogens is 246 g/mol. The molecule has 0 N–H and O–H groups in total. The van der Waals surface area contributed by atoms with Crippen molar-refractivity contribution in [2.45, 2.75) is 44.7 Å². The number of hydrogen-bond donors (Lipinski definition) is 0. The molecule has 2 nitrogen and oxygen atoms in total. The lowest BCUT2D eigenvalue weighted by atomic mass is 10.0. The third kappa shape index (κ3) is 2.86. The molecule has 0 heterocycles. The van der Waals surface area contributed by atoms with Gasteiger partial charge in [0.05, 0.1) is 6.04 Å². The van der Waals surface area contributed by atoms with Gasteiger partial charge in [0.2, 0.25) is 5.91 Å². The van der Waals surface area contributed by atoms with Crippen LogP contribution in [0.2, 0.25) is 0 Å². The van der Waals surface area contributed by atoms with Gasteiger partial charge in [0.25, 0.3) is 0 Å². The van der Waals surface area contributed by atoms with Gasteiger partial charge in [-0.05, 0) is 25.3 Å². The van der Waals surface area contributed by atoms with Crippen LogP contribution in [0.4, 0.5) is 0 Å². The standard InChI is InChI=1S/C15H20ClNO/c1-12(13-7-3-2-4-8-13)17(15(18)11-16)14-9-5-6-10-14/h2-4,7-8,12,14H,5-6,9-11H2,1H3. The summed E-state index contributed by atoms with van der Waals surface area (Å²) in [7, 11) is 0. The largest absolute Gasteiger partial charge is 0.332 e. The molecule has 0 aliphatic heterocycles. The Morgan fingerprint density at radius 2 is 1.94 bits per heavy atom. The van der Waals surface area contributed by atoms with E-state index in [1.807, 2.05) is 23.1 Å². The number of hydrogen-bond acceptors (Lipinski definition) is 1. The van der Waals surface area contributed by atoms with Crippen LogP contribution in [0.15, 0.2) is 30.3 Å². The first-order valence-corrected chi connectivity index (χ1v) is 7.19. The van der Waals surface area contributed by atoms with Crippen LogP contribution in [0.3, 0.4) is 0 Å². The van der Waals surface area contributed by atoms with E-state index in [4.69, 9.17) is 11.6 Å². The zero-order valence-electron chi connectivity index (χ0n) is 10.8. The summed E-state index contributed by atoms with van der Waals surface area (Å²) in [5.41, 5.74) is 1.18. The highest BCUT2D eigenvalue weighted by atomic mass is 35.5. The molecule has 1 amide bonds. The molecule has 0 saturated heterocycles. The molecule has 1 fully saturated rings. The predicted molar refractivity (Wildman–Crippen MR) is 74.7 cm³/mol. The van der Waals surface area contributed by atoms with Crippen LogP contribution >= 0.6 is 11.6 Å². The van der Waals surface area contributed by atoms with Gasteiger partial charge in [0.1, 0.15) is 5.88 Å². The predicted octanol–water partition coefficient (Wildman–Crippen LogP) is 3.76. The molecule has 0 spiro atoms. The van der Waals surface area contributed by atoms with E-state index in [9.17, 15) is 4.79 Å². The second-order valence-electron chi connectivity index (χ2n) is 4.96. The first-order chi connectivity index (χ1) is 8.74. The molecule has 1 aromatic carbocycles. The quantitative estimate of drug-likeness (QED) is 0.759. The van der Waals surface area contributed by atoms with Crippen LogP contribution in [0.25, 0.3) is 0 Å². The van der Waals surface area contributed by atoms with E-state index in [1.165, 1.54) is 18.4 Å². The zero-order valence-corrected chi connectivity index (χ0v) is 11.6. The molecule has 1 aliphatic carbocycles. The molecule has 1 unspecified atom stereocenters. The monoisotopic (exact) mass is 265 g/mol. The van der Waals surface area contributed by atoms with Gasteiger partial charge < -0.3 is 4.90 Å². The van der Waals surface area contributed by atoms with Crippen molar-refractivity contribution in [3.8, 4) is 0 Å². The normalized spacial score (nSPS) is 17.7. The number of carbonyl (C=O) groups excluding carboxylic acids is 1. The Morgan fingerprint density at radius 3 is 2.50 bits per heavy atom. The molecule has 1 saturated carbocycles. The number of amides is 1. The van der Waals surface area contributed by atoms with Gasteiger partial charge in [-0.1, -0.05) is 43.2 Å². The highest BCUT2D eigenvalue weighted by Crippen LogP contribution is 2.31. The van der Waals surface area contributed by atoms with Gasteiger partial charge in [-0.15, -0.1) is 11.6 Å². The maximum Gasteiger partial charge on any atom is 0.238 e. The fraction of sp³-hybridized carbons (Fsp3) is 0.533. The average molecular weight is 266 g/mol. The molecular formula is C15H20ClNO. The van der Waals surface area contributed by atoms with Gasteiger partial charge in [0.15, 0.2) is 0 Å². The Balaban J connectivity index is 2.20. The van der Waals surface area contributed by atoms with Gasteiger partial charge in [-0.3, -0.25) is 4.79 Å². The smallest absolute Gasteiger partial charge is 0.238 e. The summed E-state index contributed by atoms with van der Waals surface area (Å²) in [6.07, 6.45) is 4.66. The average Bonchev–Trinajstić information content (AvgIpc) is 2.93. The first-order valence-electron chi connectivity index (χ1n) is 6.66. The molecule has 3 heteroatoms. The second-order valence-corrected chi connectivity index (χ2v) is 5.23. The van der Waals surface area contributed by atoms with Crippen molar-refractivity contribution in [1.29, 1.82) is 0 Å². The van der Waals surface area contributed by atoms with Crippen molar-refractivity contribution in [3.63, 3.8) is 0 Å². The number of carbonyl (C=O) groups is 1. The number of alkyl halides is 1. The molecule has 0 aromatic heterocycles. The molecule has 1 atom stereocenters. The fourth-order valence-electron chi connectivity index (χ4n) is 2.88. The highest BCUT2D eigenvalue weighted by molar-refractivity contribution is 6.27. The Labute approximate surface area is 114 Å². The minimum Gasteiger partial charge on any atom is -0.332 e. The molecule has 1 aromatic rings. The summed E-state index contributed by atoms with van der Waals surface area (Å²) >= 11 is 5.77. The lowest BCUT2D eigenvalue weighted by molar-refractivity contribution is -0.133. The summed E-state index contributed by atoms with van der Waals surface area (Å²) in [6.45, 7) is 2.10. The van der Waals surface area contributed by atoms with Crippen LogP contribution in [-0.4, -0.2) is 22.7 Å². The maximum atomic E-state index is 12.1. The SMILES string of the molecule is CC(c1ccccc1)N(C(=O)CCl)C1CCCC1. The van der Waals surface area contributed by atoms with E-state index in [0.29, 0.717) is 6.04 Å². The number of benzene rings is 1. The van der Waals surface area contributed by atoms with Crippen molar-refractivity contribution in [2.24, 2.45) is 0 Å². The third-order valence-corrected chi connectivity index (χ3v) is 4.05. The van der Waals surface area contributed by atoms with E-state index < -0.39 is 0 Å². The van der Waals surface area contributed by atoms with E-state index in [2.05, 4.69) is 19.1 Å². The summed E-state index contributed by atoms with van der Waals surface area (Å²) in [5, 5.41) is 0. The molecule has 1 aliphatic rings. The van der Waals surface area contributed by atoms with Gasteiger partial charge in [-0.25, -0.2) is 0 Å². The van der Waals surface area contributed by atoms with Crippen molar-refractivity contribution in [1.82, 2.24) is 4.90 Å². The molecule has 0 radical (unpaired) electrons. The Hall–Kier alpha value is -1.02. The maximum absolute atomic E-state index is 12.1. The minimum atomic E-state index is 0.0555. The van der Waals surface area contributed by atoms with Gasteiger partial charge in [0, 0.05) is 6.04 Å². The lowest BCUT2D eigenvalue weighted by Crippen LogP contribution is -2.41. The number of nitrogens with zero attached hydrogens (tertiary/aromatic N) is 1. The zero-order chi connectivity index (χ0) is 13.0. The highest BCUT2D eigenvalue weighted by Gasteiger charge is 2.30. The molecule has 0 bridgehead atoms. The van der Waals surface area contributed by atoms with Crippen LogP contribution < -0.4 is 0 Å². The molecule has 18 heavy (non-hydrogen) atoms. The van der Waals surface area contributed by atoms with Crippen molar-refractivity contribution in [2.75, 3.05) is 5.88 Å². The minimum absolute atomic E-state index is 0.0555. The summed E-state index contributed by atoms with van der Waals surface area (Å²) in [5.74, 6) is 0.133. The van der Waals surface area contributed by atoms with Crippen LogP contribution in [0, 0.1) is 0 Å². The van der Waals surface area contributed by atoms with Crippen LogP contribution in [0.1, 0.15) is 44.2 Å². The second kappa shape index (κ2) is 6.24. The Morgan fingerprint density at radius 1 is 1.33 bits per heavy atom. The molecule has 2 rings (SSSR count). The summed E-state index contributed by atoms with van der Waals surface area (Å²) in [4.78, 5) is 14.1. The Kier molecular flexibility index (Phi) is 4.65. The van der Waals surface area contributed by atoms with Crippen LogP contribution in [-0.2, 0) is 4.79 Å². The van der Waals surface area contributed by atoms with Crippen molar-refractivity contribution in [3.05, 3.63) is 35.9 Å². The number of halogens is 1. The van der Waals surface area contributed by atoms with Crippen molar-refractivity contribution >= 4 is 17.5 Å². The fourth-order valence-corrected chi connectivity index (χ4v) is 3.02. The summed E-state index contributed by atoms with van der Waals surface area (Å²) < 4.78 is 0. The topological polar surface area (TPSA) is 20.3 Å². The summed E-state index contributed by atoms with van der Waals surface area (Å²) in [6, 6.07) is 10.7. The van der Waals surface area contributed by atoms with E-state index in [0.717, 1.165) is 12.8 Å². The number of rotatable bonds is 4. The Bertz CT molecular complexity index is 387. The van der Waals surface area contributed by atoms with Crippen molar-refractivity contribution < 1.29 is 4.79 Å². The van der Waals surface area contributed by atoms with E-state index >= 15 is 0 Å². The van der Waals surface area contributed by atoms with Gasteiger partial charge >= 0.3 is 0 Å². The first kappa shape index (κ1) is 13.4. The van der Waals surface area contributed by atoms with E-state index in [-0.39, 0.29) is 17.8 Å². The third-order valence-electron chi connectivity index (χ3n) is 3.82. The lowest BCUT2D eigenvalue weighted by Gasteiger charge is -2.34. The van der Waals surface area contributed by atoms with Crippen LogP contribution in [0.5, 0.6) is 0 Å². The van der Waals surface area contributed by atoms with Gasteiger partial charge in [-0.2, -0.15) is 0 Å². The van der Waals surface area contributed by atoms with E-state index in [1.54, 1.807) is 0 Å².